The molecule has 136 valence electrons. The lowest BCUT2D eigenvalue weighted by molar-refractivity contribution is -0.00229. The van der Waals surface area contributed by atoms with Gasteiger partial charge in [-0.25, -0.2) is 0 Å². The highest BCUT2D eigenvalue weighted by atomic mass is 35.5. The maximum Gasteiger partial charge on any atom is 0.168 e. The number of ketones is 1. The van der Waals surface area contributed by atoms with Gasteiger partial charge in [0.15, 0.2) is 5.78 Å². The third kappa shape index (κ3) is 3.35. The maximum absolute atomic E-state index is 12.5. The Kier molecular flexibility index (Phi) is 5.08. The standard InChI is InChI=1S/C19H18Cl2N2O3/c1-19(26,10-24)12-5-3-11(4-6-12)16(25)8-13-7-15-14(9-22-13)17(20)18(21)23(15)2/h3-7,9,24,26H,8,10H2,1-2H3/t19-/m0/s1. The van der Waals surface area contributed by atoms with Crippen LogP contribution >= 0.6 is 23.2 Å². The first-order valence-corrected chi connectivity index (χ1v) is 8.75. The van der Waals surface area contributed by atoms with Gasteiger partial charge >= 0.3 is 0 Å². The minimum Gasteiger partial charge on any atom is -0.393 e. The van der Waals surface area contributed by atoms with Crippen LogP contribution < -0.4 is 0 Å². The highest BCUT2D eigenvalue weighted by Gasteiger charge is 2.22. The van der Waals surface area contributed by atoms with Gasteiger partial charge in [-0.05, 0) is 18.6 Å². The van der Waals surface area contributed by atoms with Crippen LogP contribution in [0.5, 0.6) is 0 Å². The molecule has 0 saturated carbocycles. The molecule has 0 amide bonds. The molecule has 0 aliphatic carbocycles. The van der Waals surface area contributed by atoms with Crippen LogP contribution in [0.2, 0.25) is 10.2 Å². The number of hydrogen-bond donors (Lipinski definition) is 2. The van der Waals surface area contributed by atoms with E-state index in [4.69, 9.17) is 23.2 Å². The number of rotatable bonds is 5. The number of halogens is 2. The summed E-state index contributed by atoms with van der Waals surface area (Å²) < 4.78 is 1.75. The Balaban J connectivity index is 1.84. The van der Waals surface area contributed by atoms with Gasteiger partial charge in [-0.3, -0.25) is 9.78 Å². The second-order valence-corrected chi connectivity index (χ2v) is 7.20. The summed E-state index contributed by atoms with van der Waals surface area (Å²) in [6.07, 6.45) is 1.75. The van der Waals surface area contributed by atoms with Gasteiger partial charge in [-0.15, -0.1) is 0 Å². The monoisotopic (exact) mass is 392 g/mol. The number of Topliss-reactive ketones (excluding diaryl/α,β-unsaturated/α-hetero) is 1. The lowest BCUT2D eigenvalue weighted by atomic mass is 9.95. The second-order valence-electron chi connectivity index (χ2n) is 6.47. The lowest BCUT2D eigenvalue weighted by Gasteiger charge is -2.20. The van der Waals surface area contributed by atoms with Crippen molar-refractivity contribution in [3.63, 3.8) is 0 Å². The zero-order valence-electron chi connectivity index (χ0n) is 14.3. The number of aromatic nitrogens is 2. The quantitative estimate of drug-likeness (QED) is 0.651. The molecule has 0 radical (unpaired) electrons. The van der Waals surface area contributed by atoms with E-state index in [1.54, 1.807) is 48.1 Å². The van der Waals surface area contributed by atoms with Crippen molar-refractivity contribution in [2.75, 3.05) is 6.61 Å². The van der Waals surface area contributed by atoms with Gasteiger partial charge in [0.05, 0.1) is 29.3 Å². The molecule has 3 rings (SSSR count). The van der Waals surface area contributed by atoms with Crippen molar-refractivity contribution in [2.24, 2.45) is 7.05 Å². The lowest BCUT2D eigenvalue weighted by Crippen LogP contribution is -2.25. The molecule has 3 aromatic rings. The van der Waals surface area contributed by atoms with Crippen molar-refractivity contribution < 1.29 is 15.0 Å². The number of aliphatic hydroxyl groups is 2. The topological polar surface area (TPSA) is 75.4 Å². The van der Waals surface area contributed by atoms with Crippen molar-refractivity contribution in [1.29, 1.82) is 0 Å². The van der Waals surface area contributed by atoms with Crippen molar-refractivity contribution in [2.45, 2.75) is 18.9 Å². The van der Waals surface area contributed by atoms with E-state index in [0.29, 0.717) is 27.0 Å². The first-order chi connectivity index (χ1) is 12.2. The number of carbonyl (C=O) groups is 1. The predicted molar refractivity (Wildman–Crippen MR) is 102 cm³/mol. The molecule has 2 heterocycles. The molecule has 0 bridgehead atoms. The van der Waals surface area contributed by atoms with Crippen molar-refractivity contribution in [3.05, 3.63) is 63.5 Å². The van der Waals surface area contributed by atoms with E-state index in [1.807, 2.05) is 0 Å². The average molecular weight is 393 g/mol. The van der Waals surface area contributed by atoms with E-state index in [9.17, 15) is 15.0 Å². The van der Waals surface area contributed by atoms with E-state index in [1.165, 1.54) is 6.92 Å². The van der Waals surface area contributed by atoms with Crippen LogP contribution in [0.1, 0.15) is 28.5 Å². The molecule has 1 aromatic carbocycles. The molecule has 0 spiro atoms. The Labute approximate surface area is 160 Å². The molecule has 1 atom stereocenters. The van der Waals surface area contributed by atoms with Gasteiger partial charge in [0.2, 0.25) is 0 Å². The van der Waals surface area contributed by atoms with Crippen LogP contribution in [0.3, 0.4) is 0 Å². The minimum atomic E-state index is -1.33. The van der Waals surface area contributed by atoms with Crippen LogP contribution in [-0.2, 0) is 19.1 Å². The molecule has 0 aliphatic heterocycles. The summed E-state index contributed by atoms with van der Waals surface area (Å²) in [6.45, 7) is 1.12. The summed E-state index contributed by atoms with van der Waals surface area (Å²) in [5.74, 6) is -0.0987. The normalized spacial score (nSPS) is 13.8. The zero-order chi connectivity index (χ0) is 19.1. The summed E-state index contributed by atoms with van der Waals surface area (Å²) >= 11 is 12.3. The summed E-state index contributed by atoms with van der Waals surface area (Å²) in [7, 11) is 1.80. The van der Waals surface area contributed by atoms with Crippen LogP contribution in [0.15, 0.2) is 36.5 Å². The first-order valence-electron chi connectivity index (χ1n) is 8.00. The molecular formula is C19H18Cl2N2O3. The number of hydrogen-bond acceptors (Lipinski definition) is 4. The summed E-state index contributed by atoms with van der Waals surface area (Å²) in [5, 5.41) is 20.9. The van der Waals surface area contributed by atoms with Crippen LogP contribution in [0.4, 0.5) is 0 Å². The van der Waals surface area contributed by atoms with Crippen LogP contribution in [0, 0.1) is 0 Å². The fraction of sp³-hybridized carbons (Fsp3) is 0.263. The van der Waals surface area contributed by atoms with E-state index in [-0.39, 0.29) is 12.2 Å². The Morgan fingerprint density at radius 1 is 1.27 bits per heavy atom. The predicted octanol–water partition coefficient (Wildman–Crippen LogP) is 3.51. The summed E-state index contributed by atoms with van der Waals surface area (Å²) in [5.41, 5.74) is 1.14. The SMILES string of the molecule is Cn1c(Cl)c(Cl)c2cnc(CC(=O)c3ccc([C@@](C)(O)CO)cc3)cc21. The molecule has 2 N–H and O–H groups in total. The average Bonchev–Trinajstić information content (AvgIpc) is 2.86. The summed E-state index contributed by atoms with van der Waals surface area (Å²) in [6, 6.07) is 8.34. The molecule has 7 heteroatoms. The van der Waals surface area contributed by atoms with Gasteiger partial charge in [0, 0.05) is 24.2 Å². The molecule has 0 fully saturated rings. The number of carbonyl (C=O) groups excluding carboxylic acids is 1. The van der Waals surface area contributed by atoms with E-state index in [2.05, 4.69) is 4.98 Å². The molecule has 5 nitrogen and oxygen atoms in total. The van der Waals surface area contributed by atoms with E-state index in [0.717, 1.165) is 10.9 Å². The van der Waals surface area contributed by atoms with Gasteiger partial charge in [-0.1, -0.05) is 47.5 Å². The summed E-state index contributed by atoms with van der Waals surface area (Å²) in [4.78, 5) is 16.8. The third-order valence-corrected chi connectivity index (χ3v) is 5.41. The largest absolute Gasteiger partial charge is 0.393 e. The molecule has 0 unspecified atom stereocenters. The van der Waals surface area contributed by atoms with Gasteiger partial charge in [0.1, 0.15) is 10.8 Å². The number of pyridine rings is 1. The van der Waals surface area contributed by atoms with Crippen molar-refractivity contribution in [1.82, 2.24) is 9.55 Å². The van der Waals surface area contributed by atoms with Gasteiger partial charge < -0.3 is 14.8 Å². The fourth-order valence-corrected chi connectivity index (χ4v) is 3.23. The first kappa shape index (κ1) is 18.9. The Morgan fingerprint density at radius 3 is 2.54 bits per heavy atom. The number of benzene rings is 1. The highest BCUT2D eigenvalue weighted by Crippen LogP contribution is 2.33. The molecule has 0 saturated heterocycles. The Hall–Kier alpha value is -1.92. The Morgan fingerprint density at radius 2 is 1.92 bits per heavy atom. The molecule has 0 aliphatic rings. The smallest absolute Gasteiger partial charge is 0.168 e. The zero-order valence-corrected chi connectivity index (χ0v) is 15.8. The molecule has 26 heavy (non-hydrogen) atoms. The third-order valence-electron chi connectivity index (χ3n) is 4.49. The number of fused-ring (bicyclic) bond motifs is 1. The fourth-order valence-electron chi connectivity index (χ4n) is 2.77. The number of aliphatic hydroxyl groups excluding tert-OH is 1. The van der Waals surface area contributed by atoms with Gasteiger partial charge in [0.25, 0.3) is 0 Å². The van der Waals surface area contributed by atoms with Crippen molar-refractivity contribution >= 4 is 39.9 Å². The van der Waals surface area contributed by atoms with Gasteiger partial charge in [-0.2, -0.15) is 0 Å². The number of nitrogens with zero attached hydrogens (tertiary/aromatic N) is 2. The minimum absolute atomic E-state index is 0.0987. The molecule has 2 aromatic heterocycles. The van der Waals surface area contributed by atoms with Crippen LogP contribution in [0.25, 0.3) is 10.9 Å². The Bertz CT molecular complexity index is 979. The number of aryl methyl sites for hydroxylation is 1. The molecular weight excluding hydrogens is 375 g/mol. The second kappa shape index (κ2) is 7.00. The highest BCUT2D eigenvalue weighted by molar-refractivity contribution is 6.45. The van der Waals surface area contributed by atoms with Crippen molar-refractivity contribution in [3.8, 4) is 0 Å². The van der Waals surface area contributed by atoms with E-state index >= 15 is 0 Å². The maximum atomic E-state index is 12.5. The van der Waals surface area contributed by atoms with Crippen LogP contribution in [-0.4, -0.2) is 32.2 Å². The van der Waals surface area contributed by atoms with E-state index < -0.39 is 12.2 Å².